The lowest BCUT2D eigenvalue weighted by Gasteiger charge is -1.99. The van der Waals surface area contributed by atoms with Gasteiger partial charge in [-0.25, -0.2) is 0 Å². The van der Waals surface area contributed by atoms with Crippen LogP contribution in [0.1, 0.15) is 23.0 Å². The van der Waals surface area contributed by atoms with Gasteiger partial charge < -0.3 is 9.73 Å². The Kier molecular flexibility index (Phi) is 3.96. The summed E-state index contributed by atoms with van der Waals surface area (Å²) in [5.41, 5.74) is 1.45. The number of carbonyl (C=O) groups is 2. The number of rotatable bonds is 3. The lowest BCUT2D eigenvalue weighted by molar-refractivity contribution is -0.115. The van der Waals surface area contributed by atoms with Crippen molar-refractivity contribution >= 4 is 46.1 Å². The van der Waals surface area contributed by atoms with Crippen molar-refractivity contribution < 1.29 is 14.0 Å². The van der Waals surface area contributed by atoms with Crippen LogP contribution in [0, 0.1) is 0 Å². The summed E-state index contributed by atoms with van der Waals surface area (Å²) in [7, 11) is 0. The largest absolute Gasteiger partial charge is 0.457 e. The van der Waals surface area contributed by atoms with Crippen LogP contribution in [-0.2, 0) is 4.79 Å². The monoisotopic (exact) mass is 329 g/mol. The van der Waals surface area contributed by atoms with E-state index in [0.29, 0.717) is 26.3 Å². The second kappa shape index (κ2) is 5.90. The van der Waals surface area contributed by atoms with Crippen molar-refractivity contribution in [1.82, 2.24) is 5.32 Å². The molecule has 1 aliphatic heterocycles. The molecular formula is C16H11NO3S2. The number of hydrogen-bond donors (Lipinski definition) is 1. The molecule has 110 valence electrons. The summed E-state index contributed by atoms with van der Waals surface area (Å²) in [4.78, 5) is 23.6. The van der Waals surface area contributed by atoms with Crippen LogP contribution in [-0.4, -0.2) is 16.0 Å². The quantitative estimate of drug-likeness (QED) is 0.529. The smallest absolute Gasteiger partial charge is 0.263 e. The van der Waals surface area contributed by atoms with Crippen molar-refractivity contribution in [2.45, 2.75) is 6.92 Å². The molecule has 6 heteroatoms. The third-order valence-electron chi connectivity index (χ3n) is 3.10. The minimum atomic E-state index is -0.216. The lowest BCUT2D eigenvalue weighted by Crippen LogP contribution is -2.17. The minimum absolute atomic E-state index is 0.00304. The van der Waals surface area contributed by atoms with Gasteiger partial charge in [-0.2, -0.15) is 0 Å². The predicted octanol–water partition coefficient (Wildman–Crippen LogP) is 3.64. The van der Waals surface area contributed by atoms with E-state index in [-0.39, 0.29) is 11.7 Å². The van der Waals surface area contributed by atoms with E-state index >= 15 is 0 Å². The van der Waals surface area contributed by atoms with Crippen LogP contribution < -0.4 is 5.32 Å². The molecule has 0 aliphatic carbocycles. The molecule has 1 aromatic heterocycles. The van der Waals surface area contributed by atoms with E-state index in [1.54, 1.807) is 24.3 Å². The van der Waals surface area contributed by atoms with Crippen LogP contribution in [0.4, 0.5) is 0 Å². The van der Waals surface area contributed by atoms with E-state index in [9.17, 15) is 9.59 Å². The molecule has 3 rings (SSSR count). The number of benzene rings is 1. The second-order valence-corrected chi connectivity index (χ2v) is 6.41. The van der Waals surface area contributed by atoms with Gasteiger partial charge in [0.1, 0.15) is 15.8 Å². The molecule has 1 fully saturated rings. The van der Waals surface area contributed by atoms with E-state index in [0.717, 1.165) is 5.56 Å². The molecule has 1 aliphatic rings. The maximum atomic E-state index is 11.6. The zero-order valence-corrected chi connectivity index (χ0v) is 13.2. The number of amides is 1. The molecule has 1 saturated heterocycles. The molecule has 0 spiro atoms. The molecule has 4 nitrogen and oxygen atoms in total. The maximum absolute atomic E-state index is 11.6. The summed E-state index contributed by atoms with van der Waals surface area (Å²) in [5.74, 6) is 0.987. The number of nitrogens with one attached hydrogen (secondary N) is 1. The van der Waals surface area contributed by atoms with Gasteiger partial charge in [-0.15, -0.1) is 0 Å². The fourth-order valence-corrected chi connectivity index (χ4v) is 3.05. The Morgan fingerprint density at radius 1 is 1.32 bits per heavy atom. The summed E-state index contributed by atoms with van der Waals surface area (Å²) >= 11 is 6.14. The van der Waals surface area contributed by atoms with Crippen molar-refractivity contribution in [2.24, 2.45) is 0 Å². The number of furan rings is 1. The molecule has 1 N–H and O–H groups in total. The molecule has 1 aromatic carbocycles. The zero-order chi connectivity index (χ0) is 15.7. The number of hydrogen-bond acceptors (Lipinski definition) is 5. The standard InChI is InChI=1S/C16H11NO3S2/c1-9(18)10-3-2-4-11(7-10)13-6-5-12(20-13)8-14-15(19)17-16(21)22-14/h2-8H,1H3,(H,17,19,21)/b14-8+. The van der Waals surface area contributed by atoms with Gasteiger partial charge in [0, 0.05) is 17.2 Å². The van der Waals surface area contributed by atoms with Crippen LogP contribution in [0.25, 0.3) is 17.4 Å². The maximum Gasteiger partial charge on any atom is 0.263 e. The fourth-order valence-electron chi connectivity index (χ4n) is 2.03. The van der Waals surface area contributed by atoms with Gasteiger partial charge >= 0.3 is 0 Å². The first-order valence-electron chi connectivity index (χ1n) is 6.49. The van der Waals surface area contributed by atoms with Gasteiger partial charge in [0.05, 0.1) is 4.91 Å². The van der Waals surface area contributed by atoms with E-state index in [1.807, 2.05) is 18.2 Å². The zero-order valence-electron chi connectivity index (χ0n) is 11.6. The van der Waals surface area contributed by atoms with Crippen molar-refractivity contribution in [3.63, 3.8) is 0 Å². The normalized spacial score (nSPS) is 16.1. The molecule has 1 amide bonds. The molecule has 0 saturated carbocycles. The Labute approximate surface area is 136 Å². The highest BCUT2D eigenvalue weighted by atomic mass is 32.2. The van der Waals surface area contributed by atoms with Crippen LogP contribution in [0.3, 0.4) is 0 Å². The number of ketones is 1. The number of thioether (sulfide) groups is 1. The van der Waals surface area contributed by atoms with Crippen LogP contribution in [0.15, 0.2) is 45.7 Å². The van der Waals surface area contributed by atoms with E-state index in [4.69, 9.17) is 16.6 Å². The van der Waals surface area contributed by atoms with Crippen molar-refractivity contribution in [3.05, 3.63) is 52.6 Å². The van der Waals surface area contributed by atoms with Gasteiger partial charge in [0.2, 0.25) is 0 Å². The molecular weight excluding hydrogens is 318 g/mol. The lowest BCUT2D eigenvalue weighted by atomic mass is 10.1. The van der Waals surface area contributed by atoms with Crippen LogP contribution >= 0.6 is 24.0 Å². The predicted molar refractivity (Wildman–Crippen MR) is 90.5 cm³/mol. The Morgan fingerprint density at radius 2 is 2.14 bits per heavy atom. The van der Waals surface area contributed by atoms with Gasteiger partial charge in [-0.05, 0) is 25.1 Å². The summed E-state index contributed by atoms with van der Waals surface area (Å²) in [5, 5.41) is 2.55. The third-order valence-corrected chi connectivity index (χ3v) is 4.26. The average Bonchev–Trinajstić information content (AvgIpc) is 3.06. The molecule has 2 heterocycles. The van der Waals surface area contributed by atoms with Gasteiger partial charge in [0.15, 0.2) is 5.78 Å². The highest BCUT2D eigenvalue weighted by Crippen LogP contribution is 2.29. The average molecular weight is 329 g/mol. The first kappa shape index (κ1) is 14.7. The van der Waals surface area contributed by atoms with E-state index in [1.165, 1.54) is 18.7 Å². The Balaban J connectivity index is 1.90. The van der Waals surface area contributed by atoms with Crippen LogP contribution in [0.5, 0.6) is 0 Å². The SMILES string of the molecule is CC(=O)c1cccc(-c2ccc(/C=C3/SC(=S)NC3=O)o2)c1. The third kappa shape index (κ3) is 3.03. The number of carbonyl (C=O) groups excluding carboxylic acids is 2. The highest BCUT2D eigenvalue weighted by molar-refractivity contribution is 8.26. The molecule has 22 heavy (non-hydrogen) atoms. The summed E-state index contributed by atoms with van der Waals surface area (Å²) in [6.07, 6.45) is 1.65. The first-order chi connectivity index (χ1) is 10.5. The van der Waals surface area contributed by atoms with Crippen molar-refractivity contribution in [3.8, 4) is 11.3 Å². The number of thiocarbonyl (C=S) groups is 1. The Morgan fingerprint density at radius 3 is 2.82 bits per heavy atom. The molecule has 0 radical (unpaired) electrons. The van der Waals surface area contributed by atoms with Gasteiger partial charge in [0.25, 0.3) is 5.91 Å². The van der Waals surface area contributed by atoms with Gasteiger partial charge in [-0.3, -0.25) is 9.59 Å². The Bertz CT molecular complexity index is 820. The fraction of sp³-hybridized carbons (Fsp3) is 0.0625. The first-order valence-corrected chi connectivity index (χ1v) is 7.71. The van der Waals surface area contributed by atoms with Crippen LogP contribution in [0.2, 0.25) is 0 Å². The second-order valence-electron chi connectivity index (χ2n) is 4.69. The number of Topliss-reactive ketones (excluding diaryl/α,β-unsaturated/α-hetero) is 1. The summed E-state index contributed by atoms with van der Waals surface area (Å²) in [6.45, 7) is 1.52. The van der Waals surface area contributed by atoms with Crippen molar-refractivity contribution in [1.29, 1.82) is 0 Å². The van der Waals surface area contributed by atoms with E-state index in [2.05, 4.69) is 5.32 Å². The minimum Gasteiger partial charge on any atom is -0.457 e. The van der Waals surface area contributed by atoms with Crippen molar-refractivity contribution in [2.75, 3.05) is 0 Å². The molecule has 2 aromatic rings. The molecule has 0 unspecified atom stereocenters. The summed E-state index contributed by atoms with van der Waals surface area (Å²) in [6, 6.07) is 10.8. The summed E-state index contributed by atoms with van der Waals surface area (Å²) < 4.78 is 6.17. The Hall–Kier alpha value is -2.18. The van der Waals surface area contributed by atoms with E-state index < -0.39 is 0 Å². The molecule has 0 atom stereocenters. The highest BCUT2D eigenvalue weighted by Gasteiger charge is 2.22. The topological polar surface area (TPSA) is 59.3 Å². The van der Waals surface area contributed by atoms with Gasteiger partial charge in [-0.1, -0.05) is 42.2 Å². The molecule has 0 bridgehead atoms.